The third kappa shape index (κ3) is 2.66. The molecule has 0 saturated carbocycles. The molecule has 2 aromatic rings. The first-order valence-corrected chi connectivity index (χ1v) is 8.32. The van der Waals surface area contributed by atoms with Crippen molar-refractivity contribution in [1.29, 1.82) is 0 Å². The molecular formula is C15H13N7O2S. The quantitative estimate of drug-likeness (QED) is 0.874. The van der Waals surface area contributed by atoms with Gasteiger partial charge < -0.3 is 5.32 Å². The number of thiophene rings is 1. The van der Waals surface area contributed by atoms with Gasteiger partial charge in [0.2, 0.25) is 0 Å². The van der Waals surface area contributed by atoms with E-state index in [2.05, 4.69) is 25.5 Å². The van der Waals surface area contributed by atoms with Crippen molar-refractivity contribution in [2.45, 2.75) is 6.92 Å². The van der Waals surface area contributed by atoms with Crippen molar-refractivity contribution in [3.63, 3.8) is 0 Å². The van der Waals surface area contributed by atoms with Crippen LogP contribution in [-0.4, -0.2) is 51.7 Å². The van der Waals surface area contributed by atoms with Gasteiger partial charge in [-0.2, -0.15) is 24.9 Å². The first-order chi connectivity index (χ1) is 12.0. The lowest BCUT2D eigenvalue weighted by molar-refractivity contribution is -0.118. The Hall–Kier alpha value is -3.14. The molecule has 2 aromatic heterocycles. The Labute approximate surface area is 146 Å². The van der Waals surface area contributed by atoms with Crippen molar-refractivity contribution in [2.24, 2.45) is 21.0 Å². The third-order valence-electron chi connectivity index (χ3n) is 3.70. The molecule has 0 bridgehead atoms. The van der Waals surface area contributed by atoms with Crippen LogP contribution >= 0.6 is 11.3 Å². The normalized spacial score (nSPS) is 18.9. The van der Waals surface area contributed by atoms with Crippen LogP contribution in [0.15, 0.2) is 38.7 Å². The molecule has 126 valence electrons. The molecular weight excluding hydrogens is 342 g/mol. The van der Waals surface area contributed by atoms with Gasteiger partial charge in [0.25, 0.3) is 17.8 Å². The van der Waals surface area contributed by atoms with Crippen molar-refractivity contribution < 1.29 is 9.59 Å². The van der Waals surface area contributed by atoms with Crippen LogP contribution in [-0.2, 0) is 4.79 Å². The zero-order valence-corrected chi connectivity index (χ0v) is 14.2. The van der Waals surface area contributed by atoms with Gasteiger partial charge in [0.1, 0.15) is 17.6 Å². The van der Waals surface area contributed by atoms with Crippen LogP contribution in [0.3, 0.4) is 0 Å². The number of aliphatic imine (C=N–C) groups is 2. The number of anilines is 1. The summed E-state index contributed by atoms with van der Waals surface area (Å²) in [4.78, 5) is 33.5. The fraction of sp³-hybridized carbons (Fsp3) is 0.200. The second-order valence-electron chi connectivity index (χ2n) is 5.50. The number of hydrazone groups is 1. The minimum atomic E-state index is -0.561. The van der Waals surface area contributed by atoms with Crippen LogP contribution in [0.4, 0.5) is 5.82 Å². The second kappa shape index (κ2) is 5.74. The zero-order valence-electron chi connectivity index (χ0n) is 13.4. The van der Waals surface area contributed by atoms with Crippen LogP contribution in [0, 0.1) is 12.8 Å². The molecule has 0 saturated heterocycles. The molecule has 0 radical (unpaired) electrons. The molecule has 1 unspecified atom stereocenters. The van der Waals surface area contributed by atoms with E-state index < -0.39 is 5.92 Å². The molecule has 0 fully saturated rings. The minimum absolute atomic E-state index is 0.100. The fourth-order valence-electron chi connectivity index (χ4n) is 2.53. The summed E-state index contributed by atoms with van der Waals surface area (Å²) >= 11 is 1.33. The molecule has 2 amide bonds. The predicted molar refractivity (Wildman–Crippen MR) is 94.3 cm³/mol. The predicted octanol–water partition coefficient (Wildman–Crippen LogP) is 1.20. The van der Waals surface area contributed by atoms with Gasteiger partial charge in [-0.05, 0) is 18.4 Å². The minimum Gasteiger partial charge on any atom is -0.306 e. The first kappa shape index (κ1) is 15.4. The smallest absolute Gasteiger partial charge is 0.266 e. The van der Waals surface area contributed by atoms with E-state index in [4.69, 9.17) is 0 Å². The number of carbonyl (C=O) groups excluding carboxylic acids is 2. The summed E-state index contributed by atoms with van der Waals surface area (Å²) < 4.78 is 1.36. The SMILES string of the molecule is Cc1cc(NC(=O)c2cccs2)n(C2=NC(=O)C3C=NN(C)C3=N2)n1. The van der Waals surface area contributed by atoms with Crippen LogP contribution < -0.4 is 5.32 Å². The summed E-state index contributed by atoms with van der Waals surface area (Å²) in [5.41, 5.74) is 0.662. The Balaban J connectivity index is 1.69. The molecule has 4 rings (SSSR count). The number of nitrogens with zero attached hydrogens (tertiary/aromatic N) is 6. The summed E-state index contributed by atoms with van der Waals surface area (Å²) in [6.45, 7) is 1.78. The van der Waals surface area contributed by atoms with Crippen molar-refractivity contribution in [1.82, 2.24) is 14.8 Å². The lowest BCUT2D eigenvalue weighted by Gasteiger charge is -2.17. The molecule has 10 heteroatoms. The third-order valence-corrected chi connectivity index (χ3v) is 4.57. The highest BCUT2D eigenvalue weighted by Crippen LogP contribution is 2.20. The highest BCUT2D eigenvalue weighted by molar-refractivity contribution is 7.12. The van der Waals surface area contributed by atoms with Crippen LogP contribution in [0.5, 0.6) is 0 Å². The number of amides is 2. The molecule has 2 aliphatic rings. The Morgan fingerprint density at radius 2 is 2.20 bits per heavy atom. The van der Waals surface area contributed by atoms with Crippen LogP contribution in [0.2, 0.25) is 0 Å². The molecule has 0 aromatic carbocycles. The second-order valence-corrected chi connectivity index (χ2v) is 6.45. The number of hydrogen-bond donors (Lipinski definition) is 1. The first-order valence-electron chi connectivity index (χ1n) is 7.44. The van der Waals surface area contributed by atoms with Gasteiger partial charge in [0.15, 0.2) is 0 Å². The highest BCUT2D eigenvalue weighted by Gasteiger charge is 2.35. The molecule has 0 spiro atoms. The summed E-state index contributed by atoms with van der Waals surface area (Å²) in [7, 11) is 1.71. The van der Waals surface area contributed by atoms with E-state index in [1.807, 2.05) is 5.38 Å². The van der Waals surface area contributed by atoms with Gasteiger partial charge in [-0.15, -0.1) is 11.3 Å². The van der Waals surface area contributed by atoms with Crippen LogP contribution in [0.25, 0.3) is 0 Å². The van der Waals surface area contributed by atoms with Gasteiger partial charge >= 0.3 is 0 Å². The number of aromatic nitrogens is 2. The van der Waals surface area contributed by atoms with Crippen LogP contribution in [0.1, 0.15) is 15.4 Å². The van der Waals surface area contributed by atoms with E-state index in [1.165, 1.54) is 27.2 Å². The van der Waals surface area contributed by atoms with Gasteiger partial charge in [0, 0.05) is 19.3 Å². The fourth-order valence-corrected chi connectivity index (χ4v) is 3.15. The topological polar surface area (TPSA) is 104 Å². The van der Waals surface area contributed by atoms with E-state index in [1.54, 1.807) is 32.2 Å². The maximum atomic E-state index is 12.3. The maximum Gasteiger partial charge on any atom is 0.266 e. The summed E-state index contributed by atoms with van der Waals surface area (Å²) in [5, 5.41) is 14.5. The summed E-state index contributed by atoms with van der Waals surface area (Å²) in [5.74, 6) is -0.203. The standard InChI is InChI=1S/C15H13N7O2S/c1-8-6-11(17-14(24)10-4-3-5-25-10)22(20-8)15-18-12-9(13(23)19-15)7-16-21(12)2/h3-7,9H,1-2H3,(H,17,24). The molecule has 0 aliphatic carbocycles. The average Bonchev–Trinajstić information content (AvgIpc) is 3.29. The highest BCUT2D eigenvalue weighted by atomic mass is 32.1. The number of hydrogen-bond acceptors (Lipinski definition) is 7. The van der Waals surface area contributed by atoms with Gasteiger partial charge in [-0.25, -0.2) is 0 Å². The molecule has 4 heterocycles. The molecule has 9 nitrogen and oxygen atoms in total. The number of rotatable bonds is 2. The largest absolute Gasteiger partial charge is 0.306 e. The molecule has 25 heavy (non-hydrogen) atoms. The van der Waals surface area contributed by atoms with Crippen molar-refractivity contribution in [3.05, 3.63) is 34.2 Å². The molecule has 1 atom stereocenters. The Morgan fingerprint density at radius 3 is 2.96 bits per heavy atom. The van der Waals surface area contributed by atoms with Crippen molar-refractivity contribution in [2.75, 3.05) is 12.4 Å². The Kier molecular flexibility index (Phi) is 3.53. The molecule has 2 aliphatic heterocycles. The van der Waals surface area contributed by atoms with E-state index >= 15 is 0 Å². The van der Waals surface area contributed by atoms with Crippen molar-refractivity contribution in [3.8, 4) is 0 Å². The number of fused-ring (bicyclic) bond motifs is 1. The maximum absolute atomic E-state index is 12.3. The van der Waals surface area contributed by atoms with E-state index in [0.717, 1.165) is 0 Å². The molecule has 1 N–H and O–H groups in total. The number of amidine groups is 1. The Bertz CT molecular complexity index is 955. The zero-order chi connectivity index (χ0) is 17.6. The number of carbonyl (C=O) groups is 2. The Morgan fingerprint density at radius 1 is 1.36 bits per heavy atom. The lowest BCUT2D eigenvalue weighted by Crippen LogP contribution is -2.35. The van der Waals surface area contributed by atoms with Crippen molar-refractivity contribution >= 4 is 47.0 Å². The van der Waals surface area contributed by atoms with Gasteiger partial charge in [-0.1, -0.05) is 6.07 Å². The summed E-state index contributed by atoms with van der Waals surface area (Å²) in [6.07, 6.45) is 1.51. The average molecular weight is 355 g/mol. The van der Waals surface area contributed by atoms with E-state index in [9.17, 15) is 9.59 Å². The lowest BCUT2D eigenvalue weighted by atomic mass is 10.1. The summed E-state index contributed by atoms with van der Waals surface area (Å²) in [6, 6.07) is 5.22. The van der Waals surface area contributed by atoms with E-state index in [-0.39, 0.29) is 17.8 Å². The van der Waals surface area contributed by atoms with Gasteiger partial charge in [0.05, 0.1) is 10.6 Å². The monoisotopic (exact) mass is 355 g/mol. The van der Waals surface area contributed by atoms with E-state index in [0.29, 0.717) is 22.2 Å². The van der Waals surface area contributed by atoms with Gasteiger partial charge in [-0.3, -0.25) is 14.6 Å². The number of aryl methyl sites for hydroxylation is 1. The number of nitrogens with one attached hydrogen (secondary N) is 1.